The monoisotopic (exact) mass is 352 g/mol. The second kappa shape index (κ2) is 7.08. The van der Waals surface area contributed by atoms with Gasteiger partial charge in [0.2, 0.25) is 0 Å². The first-order chi connectivity index (χ1) is 12.6. The summed E-state index contributed by atoms with van der Waals surface area (Å²) < 4.78 is 5.48. The molecule has 0 aliphatic carbocycles. The highest BCUT2D eigenvalue weighted by Gasteiger charge is 2.41. The topological polar surface area (TPSA) is 62.6 Å². The van der Waals surface area contributed by atoms with E-state index >= 15 is 0 Å². The number of likely N-dealkylation sites (tertiary alicyclic amines) is 1. The zero-order chi connectivity index (χ0) is 18.1. The minimum absolute atomic E-state index is 0.179. The Morgan fingerprint density at radius 3 is 2.81 bits per heavy atom. The van der Waals surface area contributed by atoms with E-state index in [9.17, 15) is 9.59 Å². The maximum Gasteiger partial charge on any atom is 0.349 e. The lowest BCUT2D eigenvalue weighted by atomic mass is 10.1. The van der Waals surface area contributed by atoms with Crippen LogP contribution in [0.3, 0.4) is 0 Å². The molecule has 1 aromatic carbocycles. The fourth-order valence-electron chi connectivity index (χ4n) is 4.23. The molecule has 2 aromatic rings. The number of amides is 1. The van der Waals surface area contributed by atoms with Crippen molar-refractivity contribution in [3.8, 4) is 0 Å². The molecule has 5 nitrogen and oxygen atoms in total. The van der Waals surface area contributed by atoms with Gasteiger partial charge >= 0.3 is 5.63 Å². The van der Waals surface area contributed by atoms with E-state index in [0.29, 0.717) is 30.3 Å². The number of nitrogens with zero attached hydrogens (tertiary/aromatic N) is 1. The van der Waals surface area contributed by atoms with Gasteiger partial charge in [0, 0.05) is 25.0 Å². The summed E-state index contributed by atoms with van der Waals surface area (Å²) in [7, 11) is 0. The number of aryl methyl sites for hydroxylation is 3. The Morgan fingerprint density at radius 1 is 1.23 bits per heavy atom. The summed E-state index contributed by atoms with van der Waals surface area (Å²) in [4.78, 5) is 27.3. The van der Waals surface area contributed by atoms with Crippen LogP contribution in [0.15, 0.2) is 45.6 Å². The molecule has 1 amide bonds. The molecule has 2 fully saturated rings. The third kappa shape index (κ3) is 3.19. The lowest BCUT2D eigenvalue weighted by Gasteiger charge is -2.23. The van der Waals surface area contributed by atoms with Crippen LogP contribution in [0.5, 0.6) is 0 Å². The van der Waals surface area contributed by atoms with Crippen molar-refractivity contribution in [3.05, 3.63) is 69.3 Å². The Bertz CT molecular complexity index is 859. The predicted octanol–water partition coefficient (Wildman–Crippen LogP) is 2.31. The SMILES string of the molecule is Cc1cc(CCc2ccccc2)oc(=O)c1C(=O)N1CC[C@@H]2NCC[C@@H]21. The van der Waals surface area contributed by atoms with Gasteiger partial charge in [-0.3, -0.25) is 4.79 Å². The van der Waals surface area contributed by atoms with Gasteiger partial charge in [0.1, 0.15) is 11.3 Å². The minimum atomic E-state index is -0.507. The number of fused-ring (bicyclic) bond motifs is 1. The van der Waals surface area contributed by atoms with E-state index in [1.807, 2.05) is 36.1 Å². The number of carbonyl (C=O) groups excluding carboxylic acids is 1. The van der Waals surface area contributed by atoms with Crippen molar-refractivity contribution < 1.29 is 9.21 Å². The maximum atomic E-state index is 13.0. The van der Waals surface area contributed by atoms with E-state index < -0.39 is 5.63 Å². The fourth-order valence-corrected chi connectivity index (χ4v) is 4.23. The standard InChI is InChI=1S/C21H24N2O3/c1-14-13-16(8-7-15-5-3-2-4-6-15)26-21(25)19(14)20(24)23-12-10-17-18(23)9-11-22-17/h2-6,13,17-18,22H,7-12H2,1H3/t17-,18-/m0/s1. The zero-order valence-corrected chi connectivity index (χ0v) is 15.0. The molecule has 136 valence electrons. The fraction of sp³-hybridized carbons (Fsp3) is 0.429. The van der Waals surface area contributed by atoms with E-state index in [-0.39, 0.29) is 17.5 Å². The molecule has 5 heteroatoms. The van der Waals surface area contributed by atoms with Gasteiger partial charge in [-0.15, -0.1) is 0 Å². The van der Waals surface area contributed by atoms with Crippen LogP contribution in [0.2, 0.25) is 0 Å². The lowest BCUT2D eigenvalue weighted by Crippen LogP contribution is -2.40. The molecule has 2 atom stereocenters. The smallest absolute Gasteiger partial charge is 0.349 e. The summed E-state index contributed by atoms with van der Waals surface area (Å²) in [5.74, 6) is 0.455. The number of carbonyl (C=O) groups is 1. The second-order valence-corrected chi connectivity index (χ2v) is 7.25. The van der Waals surface area contributed by atoms with Gasteiger partial charge in [0.15, 0.2) is 0 Å². The molecule has 0 bridgehead atoms. The van der Waals surface area contributed by atoms with E-state index in [1.165, 1.54) is 5.56 Å². The van der Waals surface area contributed by atoms with Gasteiger partial charge in [-0.2, -0.15) is 0 Å². The summed E-state index contributed by atoms with van der Waals surface area (Å²) in [6, 6.07) is 12.5. The van der Waals surface area contributed by atoms with Crippen molar-refractivity contribution in [3.63, 3.8) is 0 Å². The van der Waals surface area contributed by atoms with Crippen LogP contribution >= 0.6 is 0 Å². The van der Waals surface area contributed by atoms with Crippen molar-refractivity contribution >= 4 is 5.91 Å². The molecule has 0 radical (unpaired) electrons. The molecule has 0 saturated carbocycles. The summed E-state index contributed by atoms with van der Waals surface area (Å²) in [6.07, 6.45) is 3.36. The van der Waals surface area contributed by atoms with Gasteiger partial charge < -0.3 is 14.6 Å². The van der Waals surface area contributed by atoms with E-state index in [0.717, 1.165) is 25.8 Å². The average molecular weight is 352 g/mol. The molecule has 2 saturated heterocycles. The summed E-state index contributed by atoms with van der Waals surface area (Å²) >= 11 is 0. The van der Waals surface area contributed by atoms with Crippen LogP contribution < -0.4 is 10.9 Å². The van der Waals surface area contributed by atoms with Gasteiger partial charge in [0.05, 0.1) is 0 Å². The highest BCUT2D eigenvalue weighted by atomic mass is 16.4. The van der Waals surface area contributed by atoms with Crippen molar-refractivity contribution in [2.75, 3.05) is 13.1 Å². The number of nitrogens with one attached hydrogen (secondary N) is 1. The summed E-state index contributed by atoms with van der Waals surface area (Å²) in [5, 5.41) is 3.43. The quantitative estimate of drug-likeness (QED) is 0.917. The third-order valence-corrected chi connectivity index (χ3v) is 5.57. The molecule has 2 aliphatic heterocycles. The van der Waals surface area contributed by atoms with Crippen LogP contribution in [-0.2, 0) is 12.8 Å². The lowest BCUT2D eigenvalue weighted by molar-refractivity contribution is 0.0731. The predicted molar refractivity (Wildman–Crippen MR) is 99.4 cm³/mol. The highest BCUT2D eigenvalue weighted by molar-refractivity contribution is 5.95. The van der Waals surface area contributed by atoms with Crippen molar-refractivity contribution in [2.45, 2.75) is 44.7 Å². The zero-order valence-electron chi connectivity index (χ0n) is 15.0. The first-order valence-corrected chi connectivity index (χ1v) is 9.35. The van der Waals surface area contributed by atoms with Crippen molar-refractivity contribution in [1.29, 1.82) is 0 Å². The second-order valence-electron chi connectivity index (χ2n) is 7.25. The maximum absolute atomic E-state index is 13.0. The largest absolute Gasteiger partial charge is 0.427 e. The van der Waals surface area contributed by atoms with Crippen LogP contribution in [0.4, 0.5) is 0 Å². The molecule has 1 aromatic heterocycles. The normalized spacial score (nSPS) is 21.8. The van der Waals surface area contributed by atoms with Crippen LogP contribution in [0, 0.1) is 6.92 Å². The first kappa shape index (κ1) is 17.0. The Hall–Kier alpha value is -2.40. The molecular weight excluding hydrogens is 328 g/mol. The number of hydrogen-bond donors (Lipinski definition) is 1. The molecule has 0 unspecified atom stereocenters. The third-order valence-electron chi connectivity index (χ3n) is 5.57. The number of rotatable bonds is 4. The Kier molecular flexibility index (Phi) is 4.64. The molecule has 26 heavy (non-hydrogen) atoms. The molecule has 3 heterocycles. The average Bonchev–Trinajstić information content (AvgIpc) is 3.23. The van der Waals surface area contributed by atoms with Crippen molar-refractivity contribution in [2.24, 2.45) is 0 Å². The summed E-state index contributed by atoms with van der Waals surface area (Å²) in [6.45, 7) is 3.47. The van der Waals surface area contributed by atoms with Gasteiger partial charge in [0.25, 0.3) is 5.91 Å². The molecule has 0 spiro atoms. The van der Waals surface area contributed by atoms with E-state index in [2.05, 4.69) is 17.4 Å². The van der Waals surface area contributed by atoms with Gasteiger partial charge in [-0.25, -0.2) is 4.79 Å². The van der Waals surface area contributed by atoms with Crippen LogP contribution in [0.1, 0.15) is 40.1 Å². The molecule has 2 aliphatic rings. The van der Waals surface area contributed by atoms with Crippen LogP contribution in [0.25, 0.3) is 0 Å². The highest BCUT2D eigenvalue weighted by Crippen LogP contribution is 2.26. The van der Waals surface area contributed by atoms with Gasteiger partial charge in [-0.05, 0) is 49.9 Å². The van der Waals surface area contributed by atoms with E-state index in [1.54, 1.807) is 0 Å². The molecular formula is C21H24N2O3. The van der Waals surface area contributed by atoms with Crippen LogP contribution in [-0.4, -0.2) is 36.0 Å². The van der Waals surface area contributed by atoms with E-state index in [4.69, 9.17) is 4.42 Å². The van der Waals surface area contributed by atoms with Gasteiger partial charge in [-0.1, -0.05) is 30.3 Å². The minimum Gasteiger partial charge on any atom is -0.427 e. The Labute approximate surface area is 153 Å². The Balaban J connectivity index is 1.52. The molecule has 4 rings (SSSR count). The Morgan fingerprint density at radius 2 is 2.04 bits per heavy atom. The van der Waals surface area contributed by atoms with Crippen molar-refractivity contribution in [1.82, 2.24) is 10.2 Å². The first-order valence-electron chi connectivity index (χ1n) is 9.35. The molecule has 1 N–H and O–H groups in total. The summed E-state index contributed by atoms with van der Waals surface area (Å²) in [5.41, 5.74) is 1.60. The number of benzene rings is 1. The number of hydrogen-bond acceptors (Lipinski definition) is 4.